The number of fused-ring (bicyclic) bond motifs is 3. The predicted octanol–water partition coefficient (Wildman–Crippen LogP) is 3.89. The zero-order chi connectivity index (χ0) is 35.4. The minimum atomic E-state index is -2.20. The van der Waals surface area contributed by atoms with Crippen molar-refractivity contribution in [2.75, 3.05) is 7.11 Å². The molecule has 268 valence electrons. The normalized spacial score (nSPS) is 51.2. The molecule has 49 heavy (non-hydrogen) atoms. The molecule has 3 saturated heterocycles. The number of cyclic esters (lactones) is 1. The number of furan rings is 1. The van der Waals surface area contributed by atoms with Gasteiger partial charge in [0.1, 0.15) is 29.0 Å². The second kappa shape index (κ2) is 9.65. The first kappa shape index (κ1) is 33.2. The van der Waals surface area contributed by atoms with Crippen molar-refractivity contribution in [1.29, 1.82) is 0 Å². The summed E-state index contributed by atoms with van der Waals surface area (Å²) in [5, 5.41) is 13.8. The Morgan fingerprint density at radius 3 is 2.33 bits per heavy atom. The van der Waals surface area contributed by atoms with Gasteiger partial charge in [0.25, 0.3) is 5.97 Å². The first-order valence-electron chi connectivity index (χ1n) is 17.4. The van der Waals surface area contributed by atoms with Crippen LogP contribution in [-0.2, 0) is 52.3 Å². The van der Waals surface area contributed by atoms with E-state index in [4.69, 9.17) is 37.6 Å². The number of esters is 4. The highest BCUT2D eigenvalue weighted by Crippen LogP contribution is 2.89. The van der Waals surface area contributed by atoms with Crippen molar-refractivity contribution in [1.82, 2.24) is 0 Å². The van der Waals surface area contributed by atoms with Crippen LogP contribution in [0.1, 0.15) is 98.7 Å². The van der Waals surface area contributed by atoms with Crippen LogP contribution in [0, 0.1) is 34.0 Å². The summed E-state index contributed by atoms with van der Waals surface area (Å²) in [5.74, 6) is -5.93. The van der Waals surface area contributed by atoms with Gasteiger partial charge in [-0.15, -0.1) is 0 Å². The molecule has 3 aliphatic heterocycles. The lowest BCUT2D eigenvalue weighted by Gasteiger charge is -2.77. The van der Waals surface area contributed by atoms with Gasteiger partial charge in [0.2, 0.25) is 0 Å². The average molecular weight is 687 g/mol. The number of methoxy groups -OCH3 is 1. The molecule has 4 aliphatic carbocycles. The Labute approximate surface area is 284 Å². The quantitative estimate of drug-likeness (QED) is 0.325. The van der Waals surface area contributed by atoms with E-state index in [1.165, 1.54) is 13.4 Å². The van der Waals surface area contributed by atoms with Crippen LogP contribution in [0.25, 0.3) is 0 Å². The summed E-state index contributed by atoms with van der Waals surface area (Å²) in [6.45, 7) is 12.5. The standard InChI is InChI=1S/C36H46O13/c1-9-22(37)45-28-35(41)27(46-26(40)18(2)3)30(5)17-34(35)31(6,20(30)14-23(38)42-8)33-12-11-29(4)21(36(28,33)49-32(7,47-33)48-34)15-24(39)44-25(29)19-10-13-43-16-19/h10,13,16,18,20-21,25,27-28,41H,9,11-12,14-15,17H2,1-8H3/t20-,21-,25-,27-,28+,29+,30+,31+,32+,33-,34+,35+,36+/m0/s1. The van der Waals surface area contributed by atoms with E-state index in [1.54, 1.807) is 40.0 Å². The van der Waals surface area contributed by atoms with Gasteiger partial charge in [0.05, 0.1) is 32.0 Å². The number of ether oxygens (including phenoxy) is 7. The Kier molecular flexibility index (Phi) is 6.53. The van der Waals surface area contributed by atoms with Crippen LogP contribution in [0.2, 0.25) is 0 Å². The molecule has 1 aromatic heterocycles. The number of hydrogen-bond acceptors (Lipinski definition) is 13. The average Bonchev–Trinajstić information content (AvgIpc) is 3.74. The molecule has 13 atom stereocenters. The summed E-state index contributed by atoms with van der Waals surface area (Å²) in [6, 6.07) is 1.75. The number of carbonyl (C=O) groups is 4. The maximum absolute atomic E-state index is 13.8. The summed E-state index contributed by atoms with van der Waals surface area (Å²) in [7, 11) is 1.32. The molecule has 0 amide bonds. The smallest absolute Gasteiger partial charge is 0.308 e. The summed E-state index contributed by atoms with van der Waals surface area (Å²) < 4.78 is 50.8. The molecular weight excluding hydrogens is 640 g/mol. The van der Waals surface area contributed by atoms with Crippen molar-refractivity contribution < 1.29 is 61.9 Å². The lowest BCUT2D eigenvalue weighted by atomic mass is 9.33. The van der Waals surface area contributed by atoms with Crippen LogP contribution in [-0.4, -0.2) is 76.7 Å². The van der Waals surface area contributed by atoms with Crippen LogP contribution in [0.3, 0.4) is 0 Å². The van der Waals surface area contributed by atoms with Crippen LogP contribution in [0.5, 0.6) is 0 Å². The van der Waals surface area contributed by atoms with Gasteiger partial charge in [0.15, 0.2) is 11.7 Å². The van der Waals surface area contributed by atoms with Gasteiger partial charge < -0.3 is 42.7 Å². The first-order valence-corrected chi connectivity index (χ1v) is 17.4. The summed E-state index contributed by atoms with van der Waals surface area (Å²) >= 11 is 0. The van der Waals surface area contributed by atoms with E-state index in [2.05, 4.69) is 0 Å². The van der Waals surface area contributed by atoms with Crippen LogP contribution < -0.4 is 0 Å². The minimum absolute atomic E-state index is 0.0286. The van der Waals surface area contributed by atoms with Gasteiger partial charge in [-0.1, -0.05) is 41.5 Å². The first-order chi connectivity index (χ1) is 22.9. The van der Waals surface area contributed by atoms with Gasteiger partial charge in [-0.25, -0.2) is 0 Å². The molecular formula is C36H46O13. The lowest BCUT2D eigenvalue weighted by Crippen LogP contribution is -2.93. The Bertz CT molecular complexity index is 1640. The molecule has 4 heterocycles. The van der Waals surface area contributed by atoms with E-state index in [0.29, 0.717) is 18.4 Å². The fraction of sp³-hybridized carbons (Fsp3) is 0.778. The van der Waals surface area contributed by atoms with E-state index in [-0.39, 0.29) is 25.7 Å². The molecule has 13 heteroatoms. The molecule has 0 radical (unpaired) electrons. The molecule has 0 unspecified atom stereocenters. The lowest BCUT2D eigenvalue weighted by molar-refractivity contribution is -0.478. The van der Waals surface area contributed by atoms with Crippen molar-refractivity contribution in [3.63, 3.8) is 0 Å². The van der Waals surface area contributed by atoms with Crippen LogP contribution in [0.4, 0.5) is 0 Å². The molecule has 7 fully saturated rings. The maximum atomic E-state index is 13.8. The molecule has 8 rings (SSSR count). The van der Waals surface area contributed by atoms with Crippen LogP contribution in [0.15, 0.2) is 23.0 Å². The molecule has 2 spiro atoms. The van der Waals surface area contributed by atoms with Crippen molar-refractivity contribution in [2.45, 2.75) is 134 Å². The predicted molar refractivity (Wildman–Crippen MR) is 164 cm³/mol. The number of hydrogen-bond donors (Lipinski definition) is 1. The highest BCUT2D eigenvalue weighted by molar-refractivity contribution is 5.75. The monoisotopic (exact) mass is 686 g/mol. The van der Waals surface area contributed by atoms with Gasteiger partial charge in [-0.3, -0.25) is 19.2 Å². The van der Waals surface area contributed by atoms with E-state index >= 15 is 0 Å². The van der Waals surface area contributed by atoms with Crippen molar-refractivity contribution in [3.8, 4) is 0 Å². The zero-order valence-electron chi connectivity index (χ0n) is 29.3. The van der Waals surface area contributed by atoms with E-state index in [9.17, 15) is 24.3 Å². The Balaban J connectivity index is 1.45. The van der Waals surface area contributed by atoms with Crippen molar-refractivity contribution in [2.24, 2.45) is 34.0 Å². The molecule has 0 aromatic carbocycles. The van der Waals surface area contributed by atoms with Gasteiger partial charge >= 0.3 is 23.9 Å². The molecule has 4 saturated carbocycles. The van der Waals surface area contributed by atoms with E-state index < -0.39 is 105 Å². The SMILES string of the molecule is CCC(=O)O[C@@H]1[C@]2(O)[C@@H](OC(=O)C(C)C)[C@]3(C)C[C@]24O[C@]2(C)O[C@]15[C@H]1CC(=O)O[C@@H](c6ccoc6)[C@]1(C)CC[C@]5(O2)[C@@]4(C)[C@H]3CC(=O)OC. The minimum Gasteiger partial charge on any atom is -0.472 e. The Morgan fingerprint density at radius 2 is 1.69 bits per heavy atom. The third-order valence-corrected chi connectivity index (χ3v) is 14.2. The largest absolute Gasteiger partial charge is 0.472 e. The highest BCUT2D eigenvalue weighted by Gasteiger charge is 3.04. The van der Waals surface area contributed by atoms with E-state index in [0.717, 1.165) is 0 Å². The number of aliphatic hydroxyl groups is 1. The topological polar surface area (TPSA) is 166 Å². The van der Waals surface area contributed by atoms with Crippen LogP contribution >= 0.6 is 0 Å². The number of rotatable bonds is 7. The third-order valence-electron chi connectivity index (χ3n) is 14.2. The Morgan fingerprint density at radius 1 is 0.980 bits per heavy atom. The van der Waals surface area contributed by atoms with Gasteiger partial charge in [-0.2, -0.15) is 0 Å². The Hall–Kier alpha value is -3.00. The summed E-state index contributed by atoms with van der Waals surface area (Å²) in [5.41, 5.74) is -9.37. The fourth-order valence-corrected chi connectivity index (χ4v) is 12.5. The molecule has 7 aliphatic rings. The molecule has 1 aromatic rings. The fourth-order valence-electron chi connectivity index (χ4n) is 12.5. The molecule has 13 nitrogen and oxygen atoms in total. The third kappa shape index (κ3) is 3.38. The van der Waals surface area contributed by atoms with Gasteiger partial charge in [0, 0.05) is 47.5 Å². The van der Waals surface area contributed by atoms with Crippen molar-refractivity contribution >= 4 is 23.9 Å². The summed E-state index contributed by atoms with van der Waals surface area (Å²) in [6.07, 6.45) is 0.132. The number of carbonyl (C=O) groups excluding carboxylic acids is 4. The highest BCUT2D eigenvalue weighted by atomic mass is 16.9. The van der Waals surface area contributed by atoms with Gasteiger partial charge in [-0.05, 0) is 31.2 Å². The van der Waals surface area contributed by atoms with E-state index in [1.807, 2.05) is 20.8 Å². The molecule has 4 bridgehead atoms. The second-order valence-corrected chi connectivity index (χ2v) is 16.5. The maximum Gasteiger partial charge on any atom is 0.308 e. The second-order valence-electron chi connectivity index (χ2n) is 16.5. The zero-order valence-corrected chi connectivity index (χ0v) is 29.3. The van der Waals surface area contributed by atoms with Crippen molar-refractivity contribution in [3.05, 3.63) is 24.2 Å². The molecule has 1 N–H and O–H groups in total. The summed E-state index contributed by atoms with van der Waals surface area (Å²) in [4.78, 5) is 54.3.